The van der Waals surface area contributed by atoms with Crippen LogP contribution in [0, 0.1) is 0 Å². The summed E-state index contributed by atoms with van der Waals surface area (Å²) in [6.07, 6.45) is 0. The third kappa shape index (κ3) is 4.06. The Morgan fingerprint density at radius 1 is 1.20 bits per heavy atom. The minimum atomic E-state index is -0.579. The van der Waals surface area contributed by atoms with Crippen molar-refractivity contribution in [3.8, 4) is 0 Å². The first kappa shape index (κ1) is 19.7. The van der Waals surface area contributed by atoms with Gasteiger partial charge < -0.3 is 19.2 Å². The van der Waals surface area contributed by atoms with Crippen LogP contribution in [-0.4, -0.2) is 34.7 Å². The van der Waals surface area contributed by atoms with Crippen LogP contribution < -0.4 is 16.0 Å². The average Bonchev–Trinajstić information content (AvgIpc) is 3.32. The fourth-order valence-electron chi connectivity index (χ4n) is 2.91. The number of nitrogens with zero attached hydrogens (tertiary/aromatic N) is 4. The summed E-state index contributed by atoms with van der Waals surface area (Å²) in [7, 11) is 3.91. The zero-order valence-electron chi connectivity index (χ0n) is 16.3. The Hall–Kier alpha value is -3.59. The molecule has 0 spiro atoms. The highest BCUT2D eigenvalue weighted by Gasteiger charge is 2.17. The van der Waals surface area contributed by atoms with Gasteiger partial charge in [0.2, 0.25) is 0 Å². The van der Waals surface area contributed by atoms with E-state index in [2.05, 4.69) is 15.5 Å². The van der Waals surface area contributed by atoms with E-state index in [4.69, 9.17) is 20.5 Å². The minimum absolute atomic E-state index is 0.0189. The third-order valence-corrected chi connectivity index (χ3v) is 4.73. The van der Waals surface area contributed by atoms with Gasteiger partial charge in [0.25, 0.3) is 0 Å². The lowest BCUT2D eigenvalue weighted by atomic mass is 10.2. The molecule has 1 N–H and O–H groups in total. The van der Waals surface area contributed by atoms with Crippen molar-refractivity contribution in [2.45, 2.75) is 13.1 Å². The van der Waals surface area contributed by atoms with Crippen LogP contribution in [0.4, 0.5) is 5.69 Å². The predicted octanol–water partition coefficient (Wildman–Crippen LogP) is 2.68. The van der Waals surface area contributed by atoms with E-state index in [1.807, 2.05) is 43.3 Å². The monoisotopic (exact) mass is 427 g/mol. The van der Waals surface area contributed by atoms with E-state index in [0.717, 1.165) is 11.3 Å². The van der Waals surface area contributed by atoms with Crippen molar-refractivity contribution >= 4 is 34.3 Å². The van der Waals surface area contributed by atoms with E-state index in [-0.39, 0.29) is 18.3 Å². The first-order chi connectivity index (χ1) is 14.4. The Bertz CT molecular complexity index is 1260. The molecular weight excluding hydrogens is 410 g/mol. The second-order valence-electron chi connectivity index (χ2n) is 6.83. The van der Waals surface area contributed by atoms with Crippen molar-refractivity contribution in [2.75, 3.05) is 19.0 Å². The highest BCUT2D eigenvalue weighted by Crippen LogP contribution is 2.19. The highest BCUT2D eigenvalue weighted by molar-refractivity contribution is 6.31. The minimum Gasteiger partial charge on any atom is -0.408 e. The van der Waals surface area contributed by atoms with E-state index < -0.39 is 11.7 Å². The molecule has 0 bridgehead atoms. The quantitative estimate of drug-likeness (QED) is 0.504. The average molecular weight is 428 g/mol. The summed E-state index contributed by atoms with van der Waals surface area (Å²) in [5.74, 6) is -1.10. The Labute approximate surface area is 175 Å². The maximum absolute atomic E-state index is 12.3. The molecule has 0 aliphatic rings. The number of benzene rings is 2. The summed E-state index contributed by atoms with van der Waals surface area (Å²) in [6, 6.07) is 12.6. The van der Waals surface area contributed by atoms with Crippen LogP contribution in [-0.2, 0) is 13.1 Å². The molecule has 0 saturated carbocycles. The molecular formula is C20H18ClN5O4. The van der Waals surface area contributed by atoms with Crippen molar-refractivity contribution < 1.29 is 13.7 Å². The van der Waals surface area contributed by atoms with Gasteiger partial charge in [0.15, 0.2) is 11.4 Å². The van der Waals surface area contributed by atoms with Gasteiger partial charge in [0.1, 0.15) is 0 Å². The van der Waals surface area contributed by atoms with Gasteiger partial charge in [-0.15, -0.1) is 0 Å². The molecule has 0 saturated heterocycles. The SMILES string of the molecule is CN(C)c1ccc(CNC(=O)c2nc(Cn3c(=O)oc4ccc(Cl)cc43)no2)cc1. The number of hydrogen-bond acceptors (Lipinski definition) is 7. The molecule has 0 aliphatic carbocycles. The maximum atomic E-state index is 12.3. The van der Waals surface area contributed by atoms with Crippen LogP contribution in [0.2, 0.25) is 5.02 Å². The lowest BCUT2D eigenvalue weighted by Gasteiger charge is -2.12. The number of fused-ring (bicyclic) bond motifs is 1. The Morgan fingerprint density at radius 3 is 2.70 bits per heavy atom. The molecule has 10 heteroatoms. The van der Waals surface area contributed by atoms with Crippen LogP contribution in [0.15, 0.2) is 56.2 Å². The smallest absolute Gasteiger partial charge is 0.408 e. The van der Waals surface area contributed by atoms with Crippen molar-refractivity contribution in [2.24, 2.45) is 0 Å². The molecule has 0 unspecified atom stereocenters. The molecule has 30 heavy (non-hydrogen) atoms. The number of rotatable bonds is 6. The van der Waals surface area contributed by atoms with E-state index >= 15 is 0 Å². The number of carbonyl (C=O) groups is 1. The number of anilines is 1. The van der Waals surface area contributed by atoms with Gasteiger partial charge in [-0.2, -0.15) is 4.98 Å². The topological polar surface area (TPSA) is 106 Å². The van der Waals surface area contributed by atoms with Gasteiger partial charge >= 0.3 is 17.6 Å². The van der Waals surface area contributed by atoms with E-state index in [1.165, 1.54) is 4.57 Å². The summed E-state index contributed by atoms with van der Waals surface area (Å²) in [5, 5.41) is 6.97. The zero-order chi connectivity index (χ0) is 21.3. The molecule has 2 heterocycles. The lowest BCUT2D eigenvalue weighted by Crippen LogP contribution is -2.23. The number of nitrogens with one attached hydrogen (secondary N) is 1. The van der Waals surface area contributed by atoms with E-state index in [9.17, 15) is 9.59 Å². The number of aromatic nitrogens is 3. The molecule has 1 amide bonds. The Balaban J connectivity index is 1.44. The van der Waals surface area contributed by atoms with Crippen LogP contribution in [0.1, 0.15) is 22.1 Å². The molecule has 4 rings (SSSR count). The summed E-state index contributed by atoms with van der Waals surface area (Å²) in [4.78, 5) is 30.5. The van der Waals surface area contributed by atoms with Gasteiger partial charge in [-0.3, -0.25) is 9.36 Å². The number of amides is 1. The number of oxazole rings is 1. The highest BCUT2D eigenvalue weighted by atomic mass is 35.5. The molecule has 2 aromatic heterocycles. The molecule has 9 nitrogen and oxygen atoms in total. The fraction of sp³-hybridized carbons (Fsp3) is 0.200. The number of carbonyl (C=O) groups excluding carboxylic acids is 1. The van der Waals surface area contributed by atoms with Crippen molar-refractivity contribution in [1.82, 2.24) is 20.0 Å². The van der Waals surface area contributed by atoms with Gasteiger partial charge in [0.05, 0.1) is 12.1 Å². The first-order valence-electron chi connectivity index (χ1n) is 9.06. The van der Waals surface area contributed by atoms with Crippen LogP contribution in [0.25, 0.3) is 11.1 Å². The lowest BCUT2D eigenvalue weighted by molar-refractivity contribution is 0.0907. The van der Waals surface area contributed by atoms with Crippen LogP contribution >= 0.6 is 11.6 Å². The molecule has 2 aromatic carbocycles. The second-order valence-corrected chi connectivity index (χ2v) is 7.26. The fourth-order valence-corrected chi connectivity index (χ4v) is 3.07. The third-order valence-electron chi connectivity index (χ3n) is 4.50. The van der Waals surface area contributed by atoms with Gasteiger partial charge in [0, 0.05) is 31.4 Å². The van der Waals surface area contributed by atoms with Crippen LogP contribution in [0.3, 0.4) is 0 Å². The molecule has 154 valence electrons. The Morgan fingerprint density at radius 2 is 1.97 bits per heavy atom. The van der Waals surface area contributed by atoms with Crippen molar-refractivity contribution in [3.05, 3.63) is 75.3 Å². The standard InChI is InChI=1S/C20H18ClN5O4/c1-25(2)14-6-3-12(4-7-14)10-22-18(27)19-23-17(24-30-19)11-26-15-9-13(21)5-8-16(15)29-20(26)28/h3-9H,10-11H2,1-2H3,(H,22,27). The normalized spacial score (nSPS) is 11.0. The first-order valence-corrected chi connectivity index (χ1v) is 9.44. The van der Waals surface area contributed by atoms with E-state index in [1.54, 1.807) is 18.2 Å². The molecule has 0 aliphatic heterocycles. The number of hydrogen-bond donors (Lipinski definition) is 1. The molecule has 0 fully saturated rings. The largest absolute Gasteiger partial charge is 0.420 e. The van der Waals surface area contributed by atoms with Crippen LogP contribution in [0.5, 0.6) is 0 Å². The summed E-state index contributed by atoms with van der Waals surface area (Å²) < 4.78 is 11.5. The summed E-state index contributed by atoms with van der Waals surface area (Å²) in [6.45, 7) is 0.295. The molecule has 4 aromatic rings. The molecule has 0 radical (unpaired) electrons. The predicted molar refractivity (Wildman–Crippen MR) is 111 cm³/mol. The van der Waals surface area contributed by atoms with Crippen molar-refractivity contribution in [1.29, 1.82) is 0 Å². The number of halogens is 1. The molecule has 0 atom stereocenters. The summed E-state index contributed by atoms with van der Waals surface area (Å²) >= 11 is 6.00. The maximum Gasteiger partial charge on any atom is 0.420 e. The summed E-state index contributed by atoms with van der Waals surface area (Å²) in [5.41, 5.74) is 2.90. The van der Waals surface area contributed by atoms with E-state index in [0.29, 0.717) is 22.7 Å². The second kappa shape index (κ2) is 8.03. The zero-order valence-corrected chi connectivity index (χ0v) is 17.0. The van der Waals surface area contributed by atoms with Gasteiger partial charge in [-0.25, -0.2) is 4.79 Å². The van der Waals surface area contributed by atoms with Crippen molar-refractivity contribution in [3.63, 3.8) is 0 Å². The van der Waals surface area contributed by atoms with Gasteiger partial charge in [-0.1, -0.05) is 28.9 Å². The van der Waals surface area contributed by atoms with Gasteiger partial charge in [-0.05, 0) is 35.9 Å². The Kier molecular flexibility index (Phi) is 5.28.